The normalized spacial score (nSPS) is 14.8. The van der Waals surface area contributed by atoms with Crippen LogP contribution in [0.3, 0.4) is 0 Å². The minimum atomic E-state index is -3.67. The molecule has 3 aromatic rings. The van der Waals surface area contributed by atoms with E-state index in [9.17, 15) is 13.2 Å². The van der Waals surface area contributed by atoms with E-state index in [0.717, 1.165) is 0 Å². The number of hydrogen-bond donors (Lipinski definition) is 2. The van der Waals surface area contributed by atoms with Gasteiger partial charge in [-0.25, -0.2) is 13.4 Å². The first kappa shape index (κ1) is 18.2. The highest BCUT2D eigenvalue weighted by atomic mass is 35.5. The maximum absolute atomic E-state index is 12.7. The summed E-state index contributed by atoms with van der Waals surface area (Å²) >= 11 is 6.01. The number of fused-ring (bicyclic) bond motifs is 1. The third-order valence-corrected chi connectivity index (χ3v) is 6.30. The topological polar surface area (TPSA) is 102 Å². The zero-order chi connectivity index (χ0) is 19.9. The number of carbonyl (C=O) groups excluding carboxylic acids is 1. The van der Waals surface area contributed by atoms with Crippen molar-refractivity contribution in [2.75, 3.05) is 11.1 Å². The highest BCUT2D eigenvalue weighted by Crippen LogP contribution is 2.29. The van der Waals surface area contributed by atoms with Crippen LogP contribution in [0.1, 0.15) is 5.56 Å². The molecule has 0 bridgehead atoms. The van der Waals surface area contributed by atoms with Crippen molar-refractivity contribution in [1.82, 2.24) is 0 Å². The van der Waals surface area contributed by atoms with Gasteiger partial charge in [0.2, 0.25) is 9.84 Å². The second-order valence-corrected chi connectivity index (χ2v) is 8.56. The number of rotatable bonds is 3. The Bertz CT molecular complexity index is 1220. The van der Waals surface area contributed by atoms with Crippen LogP contribution in [0.5, 0.6) is 0 Å². The van der Waals surface area contributed by atoms with Crippen molar-refractivity contribution in [2.24, 2.45) is 4.99 Å². The first-order valence-corrected chi connectivity index (χ1v) is 10.1. The van der Waals surface area contributed by atoms with Crippen LogP contribution in [0.15, 0.2) is 81.5 Å². The fraction of sp³-hybridized carbons (Fsp3) is 0. The molecule has 3 N–H and O–H groups in total. The molecule has 1 amide bonds. The molecule has 1 heterocycles. The lowest BCUT2D eigenvalue weighted by Gasteiger charge is -2.05. The van der Waals surface area contributed by atoms with Gasteiger partial charge in [0.25, 0.3) is 5.91 Å². The molecule has 3 aromatic carbocycles. The number of nitrogen functional groups attached to an aromatic ring is 1. The van der Waals surface area contributed by atoms with Gasteiger partial charge < -0.3 is 11.1 Å². The van der Waals surface area contributed by atoms with E-state index in [2.05, 4.69) is 10.3 Å². The largest absolute Gasteiger partial charge is 0.399 e. The van der Waals surface area contributed by atoms with E-state index in [1.807, 2.05) is 0 Å². The first-order chi connectivity index (χ1) is 13.3. The lowest BCUT2D eigenvalue weighted by molar-refractivity contribution is -0.110. The minimum Gasteiger partial charge on any atom is -0.399 e. The molecular weight excluding hydrogens is 398 g/mol. The van der Waals surface area contributed by atoms with Crippen molar-refractivity contribution in [3.05, 3.63) is 77.3 Å². The van der Waals surface area contributed by atoms with Crippen LogP contribution in [0.2, 0.25) is 5.02 Å². The predicted octanol–water partition coefficient (Wildman–Crippen LogP) is 3.83. The van der Waals surface area contributed by atoms with E-state index in [-0.39, 0.29) is 21.4 Å². The van der Waals surface area contributed by atoms with Gasteiger partial charge in [0, 0.05) is 16.3 Å². The number of sulfone groups is 1. The third kappa shape index (κ3) is 3.26. The predicted molar refractivity (Wildman–Crippen MR) is 109 cm³/mol. The molecule has 4 rings (SSSR count). The molecule has 8 heteroatoms. The third-order valence-electron chi connectivity index (χ3n) is 4.28. The van der Waals surface area contributed by atoms with Crippen molar-refractivity contribution in [1.29, 1.82) is 0 Å². The molecule has 0 fully saturated rings. The second kappa shape index (κ2) is 6.78. The monoisotopic (exact) mass is 411 g/mol. The molecule has 0 atom stereocenters. The zero-order valence-corrected chi connectivity index (χ0v) is 16.0. The maximum atomic E-state index is 12.7. The van der Waals surface area contributed by atoms with Gasteiger partial charge in [0.05, 0.1) is 21.2 Å². The highest BCUT2D eigenvalue weighted by molar-refractivity contribution is 7.91. The Morgan fingerprint density at radius 2 is 1.50 bits per heavy atom. The van der Waals surface area contributed by atoms with Crippen LogP contribution in [0, 0.1) is 0 Å². The van der Waals surface area contributed by atoms with Gasteiger partial charge in [-0.1, -0.05) is 11.6 Å². The quantitative estimate of drug-likeness (QED) is 0.639. The van der Waals surface area contributed by atoms with Crippen LogP contribution in [0.25, 0.3) is 0 Å². The summed E-state index contributed by atoms with van der Waals surface area (Å²) in [7, 11) is -3.67. The summed E-state index contributed by atoms with van der Waals surface area (Å²) in [5.41, 5.74) is 8.02. The van der Waals surface area contributed by atoms with E-state index in [4.69, 9.17) is 17.3 Å². The van der Waals surface area contributed by atoms with Crippen LogP contribution in [0.4, 0.5) is 17.1 Å². The highest BCUT2D eigenvalue weighted by Gasteiger charge is 2.26. The van der Waals surface area contributed by atoms with Gasteiger partial charge in [0.1, 0.15) is 5.71 Å². The number of benzene rings is 3. The minimum absolute atomic E-state index is 0.125. The fourth-order valence-electron chi connectivity index (χ4n) is 2.85. The molecular formula is C20H14ClN3O3S. The summed E-state index contributed by atoms with van der Waals surface area (Å²) < 4.78 is 25.4. The number of hydrogen-bond acceptors (Lipinski definition) is 5. The molecule has 0 radical (unpaired) electrons. The van der Waals surface area contributed by atoms with Crippen LogP contribution in [-0.2, 0) is 14.6 Å². The van der Waals surface area contributed by atoms with E-state index >= 15 is 0 Å². The average Bonchev–Trinajstić information content (AvgIpc) is 2.97. The van der Waals surface area contributed by atoms with Gasteiger partial charge in [-0.2, -0.15) is 0 Å². The maximum Gasteiger partial charge on any atom is 0.275 e. The lowest BCUT2D eigenvalue weighted by Crippen LogP contribution is -2.13. The molecule has 0 saturated carbocycles. The number of aliphatic imine (C=N–C) groups is 1. The van der Waals surface area contributed by atoms with Crippen molar-refractivity contribution in [2.45, 2.75) is 9.79 Å². The Kier molecular flexibility index (Phi) is 4.41. The number of halogens is 1. The molecule has 0 aliphatic carbocycles. The Hall–Kier alpha value is -3.16. The van der Waals surface area contributed by atoms with E-state index < -0.39 is 9.84 Å². The Morgan fingerprint density at radius 3 is 2.14 bits per heavy atom. The smallest absolute Gasteiger partial charge is 0.275 e. The molecule has 1 aliphatic rings. The lowest BCUT2D eigenvalue weighted by atomic mass is 10.1. The van der Waals surface area contributed by atoms with E-state index in [0.29, 0.717) is 27.6 Å². The molecule has 0 saturated heterocycles. The summed E-state index contributed by atoms with van der Waals surface area (Å²) in [6.45, 7) is 0. The SMILES string of the molecule is Nc1ccc(S(=O)(=O)c2ccc(N=C3C(=O)Nc4ccc(Cl)cc43)cc2)cc1. The fourth-order valence-corrected chi connectivity index (χ4v) is 4.28. The molecule has 6 nitrogen and oxygen atoms in total. The number of nitrogens with one attached hydrogen (secondary N) is 1. The zero-order valence-electron chi connectivity index (χ0n) is 14.4. The number of anilines is 2. The molecule has 0 spiro atoms. The second-order valence-electron chi connectivity index (χ2n) is 6.17. The van der Waals surface area contributed by atoms with Gasteiger partial charge in [-0.05, 0) is 66.7 Å². The Morgan fingerprint density at radius 1 is 0.893 bits per heavy atom. The number of nitrogens with two attached hydrogens (primary N) is 1. The summed E-state index contributed by atoms with van der Waals surface area (Å²) in [6, 6.07) is 17.1. The molecule has 0 aromatic heterocycles. The van der Waals surface area contributed by atoms with Crippen molar-refractivity contribution in [3.8, 4) is 0 Å². The van der Waals surface area contributed by atoms with Gasteiger partial charge in [-0.15, -0.1) is 0 Å². The number of nitrogens with zero attached hydrogens (tertiary/aromatic N) is 1. The Labute approximate surface area is 166 Å². The average molecular weight is 412 g/mol. The summed E-state index contributed by atoms with van der Waals surface area (Å²) in [6.07, 6.45) is 0. The first-order valence-electron chi connectivity index (χ1n) is 8.25. The Balaban J connectivity index is 1.68. The van der Waals surface area contributed by atoms with Gasteiger partial charge >= 0.3 is 0 Å². The molecule has 1 aliphatic heterocycles. The molecule has 28 heavy (non-hydrogen) atoms. The summed E-state index contributed by atoms with van der Waals surface area (Å²) in [4.78, 5) is 16.8. The van der Waals surface area contributed by atoms with Crippen LogP contribution >= 0.6 is 11.6 Å². The van der Waals surface area contributed by atoms with E-state index in [1.54, 1.807) is 30.3 Å². The van der Waals surface area contributed by atoms with E-state index in [1.165, 1.54) is 36.4 Å². The van der Waals surface area contributed by atoms with Crippen LogP contribution in [-0.4, -0.2) is 20.0 Å². The van der Waals surface area contributed by atoms with Crippen molar-refractivity contribution in [3.63, 3.8) is 0 Å². The van der Waals surface area contributed by atoms with Crippen molar-refractivity contribution >= 4 is 50.1 Å². The number of carbonyl (C=O) groups is 1. The summed E-state index contributed by atoms with van der Waals surface area (Å²) in [5, 5.41) is 3.22. The van der Waals surface area contributed by atoms with Crippen molar-refractivity contribution < 1.29 is 13.2 Å². The van der Waals surface area contributed by atoms with Gasteiger partial charge in [-0.3, -0.25) is 4.79 Å². The molecule has 140 valence electrons. The van der Waals surface area contributed by atoms with Gasteiger partial charge in [0.15, 0.2) is 0 Å². The number of amides is 1. The van der Waals surface area contributed by atoms with Crippen LogP contribution < -0.4 is 11.1 Å². The molecule has 0 unspecified atom stereocenters. The standard InChI is InChI=1S/C20H14ClN3O3S/c21-12-1-10-18-17(11-12)19(20(25)24-18)23-14-4-8-16(9-5-14)28(26,27)15-6-2-13(22)3-7-15/h1-11H,22H2,(H,23,24,25). The summed E-state index contributed by atoms with van der Waals surface area (Å²) in [5.74, 6) is -0.337.